The number of carbonyl (C=O) groups excluding carboxylic acids is 1. The molecule has 0 atom stereocenters. The molecule has 0 heterocycles. The lowest BCUT2D eigenvalue weighted by Gasteiger charge is -2.10. The summed E-state index contributed by atoms with van der Waals surface area (Å²) in [7, 11) is 0. The van der Waals surface area contributed by atoms with Crippen molar-refractivity contribution in [2.24, 2.45) is 0 Å². The predicted molar refractivity (Wildman–Crippen MR) is 82.9 cm³/mol. The minimum atomic E-state index is -4.40. The average molecular weight is 388 g/mol. The standard InChI is InChI=1S/C16H13BrF3NO2/c17-13-4-6-14(7-5-13)23-10-15(22)21-9-11-2-1-3-12(8-11)16(18,19)20/h1-8H,9-10H2,(H,21,22). The molecular formula is C16H13BrF3NO2. The van der Waals surface area contributed by atoms with Gasteiger partial charge in [-0.3, -0.25) is 4.79 Å². The van der Waals surface area contributed by atoms with Gasteiger partial charge in [-0.05, 0) is 42.0 Å². The zero-order valence-corrected chi connectivity index (χ0v) is 13.4. The van der Waals surface area contributed by atoms with Crippen LogP contribution in [0.1, 0.15) is 11.1 Å². The van der Waals surface area contributed by atoms with E-state index in [1.165, 1.54) is 12.1 Å². The van der Waals surface area contributed by atoms with Crippen LogP contribution in [-0.2, 0) is 17.5 Å². The summed E-state index contributed by atoms with van der Waals surface area (Å²) in [4.78, 5) is 11.7. The van der Waals surface area contributed by atoms with E-state index in [0.717, 1.165) is 16.6 Å². The lowest BCUT2D eigenvalue weighted by Crippen LogP contribution is -2.28. The first-order valence-electron chi connectivity index (χ1n) is 6.66. The molecule has 0 aromatic heterocycles. The van der Waals surface area contributed by atoms with Crippen molar-refractivity contribution in [3.8, 4) is 5.75 Å². The highest BCUT2D eigenvalue weighted by Gasteiger charge is 2.30. The van der Waals surface area contributed by atoms with E-state index in [4.69, 9.17) is 4.74 Å². The summed E-state index contributed by atoms with van der Waals surface area (Å²) >= 11 is 3.28. The van der Waals surface area contributed by atoms with Gasteiger partial charge in [-0.15, -0.1) is 0 Å². The Bertz CT molecular complexity index is 672. The van der Waals surface area contributed by atoms with Crippen LogP contribution in [0.4, 0.5) is 13.2 Å². The van der Waals surface area contributed by atoms with Crippen molar-refractivity contribution < 1.29 is 22.7 Å². The third-order valence-corrected chi connectivity index (χ3v) is 3.46. The van der Waals surface area contributed by atoms with Crippen molar-refractivity contribution in [3.05, 3.63) is 64.1 Å². The van der Waals surface area contributed by atoms with Gasteiger partial charge in [-0.1, -0.05) is 28.1 Å². The highest BCUT2D eigenvalue weighted by atomic mass is 79.9. The smallest absolute Gasteiger partial charge is 0.416 e. The van der Waals surface area contributed by atoms with E-state index in [1.807, 2.05) is 0 Å². The molecule has 0 saturated heterocycles. The number of alkyl halides is 3. The van der Waals surface area contributed by atoms with Crippen molar-refractivity contribution in [3.63, 3.8) is 0 Å². The Kier molecular flexibility index (Phi) is 5.65. The van der Waals surface area contributed by atoms with Crippen LogP contribution in [0.15, 0.2) is 53.0 Å². The van der Waals surface area contributed by atoms with Crippen molar-refractivity contribution in [1.29, 1.82) is 0 Å². The molecular weight excluding hydrogens is 375 g/mol. The van der Waals surface area contributed by atoms with Gasteiger partial charge in [0.1, 0.15) is 5.75 Å². The van der Waals surface area contributed by atoms with Gasteiger partial charge in [0.2, 0.25) is 0 Å². The molecule has 2 aromatic carbocycles. The van der Waals surface area contributed by atoms with E-state index >= 15 is 0 Å². The van der Waals surface area contributed by atoms with Crippen molar-refractivity contribution in [2.45, 2.75) is 12.7 Å². The van der Waals surface area contributed by atoms with Crippen LogP contribution in [0.5, 0.6) is 5.75 Å². The van der Waals surface area contributed by atoms with E-state index in [-0.39, 0.29) is 13.2 Å². The highest BCUT2D eigenvalue weighted by molar-refractivity contribution is 9.10. The van der Waals surface area contributed by atoms with Gasteiger partial charge in [0.25, 0.3) is 5.91 Å². The zero-order valence-electron chi connectivity index (χ0n) is 11.9. The number of hydrogen-bond acceptors (Lipinski definition) is 2. The van der Waals surface area contributed by atoms with Gasteiger partial charge in [0, 0.05) is 11.0 Å². The molecule has 1 amide bonds. The van der Waals surface area contributed by atoms with Crippen molar-refractivity contribution in [1.82, 2.24) is 5.32 Å². The molecule has 0 unspecified atom stereocenters. The molecule has 0 spiro atoms. The summed E-state index contributed by atoms with van der Waals surface area (Å²) in [5, 5.41) is 2.52. The predicted octanol–water partition coefficient (Wildman–Crippen LogP) is 4.16. The van der Waals surface area contributed by atoms with Crippen LogP contribution in [-0.4, -0.2) is 12.5 Å². The normalized spacial score (nSPS) is 11.1. The summed E-state index contributed by atoms with van der Waals surface area (Å²) in [5.41, 5.74) is -0.368. The lowest BCUT2D eigenvalue weighted by atomic mass is 10.1. The zero-order chi connectivity index (χ0) is 16.9. The number of ether oxygens (including phenoxy) is 1. The molecule has 0 fully saturated rings. The Hall–Kier alpha value is -2.02. The lowest BCUT2D eigenvalue weighted by molar-refractivity contribution is -0.137. The fraction of sp³-hybridized carbons (Fsp3) is 0.188. The summed E-state index contributed by atoms with van der Waals surface area (Å²) in [5.74, 6) is 0.118. The molecule has 2 aromatic rings. The first kappa shape index (κ1) is 17.3. The third kappa shape index (κ3) is 5.59. The molecule has 0 aliphatic carbocycles. The second kappa shape index (κ2) is 7.50. The molecule has 122 valence electrons. The first-order valence-corrected chi connectivity index (χ1v) is 7.45. The van der Waals surface area contributed by atoms with Gasteiger partial charge in [0.15, 0.2) is 6.61 Å². The largest absolute Gasteiger partial charge is 0.484 e. The second-order valence-corrected chi connectivity index (χ2v) is 5.63. The van der Waals surface area contributed by atoms with Crippen LogP contribution in [0.2, 0.25) is 0 Å². The number of nitrogens with one attached hydrogen (secondary N) is 1. The minimum absolute atomic E-state index is 0.00640. The number of amides is 1. The van der Waals surface area contributed by atoms with Crippen LogP contribution in [0, 0.1) is 0 Å². The fourth-order valence-corrected chi connectivity index (χ4v) is 2.05. The Balaban J connectivity index is 1.83. The Morgan fingerprint density at radius 3 is 2.48 bits per heavy atom. The molecule has 0 aliphatic heterocycles. The Morgan fingerprint density at radius 1 is 1.13 bits per heavy atom. The maximum Gasteiger partial charge on any atom is 0.416 e. The van der Waals surface area contributed by atoms with E-state index < -0.39 is 17.6 Å². The summed E-state index contributed by atoms with van der Waals surface area (Å²) in [6, 6.07) is 11.8. The van der Waals surface area contributed by atoms with E-state index in [0.29, 0.717) is 11.3 Å². The van der Waals surface area contributed by atoms with Crippen LogP contribution in [0.25, 0.3) is 0 Å². The molecule has 0 radical (unpaired) electrons. The number of rotatable bonds is 5. The van der Waals surface area contributed by atoms with Crippen molar-refractivity contribution >= 4 is 21.8 Å². The quantitative estimate of drug-likeness (QED) is 0.836. The number of halogens is 4. The maximum absolute atomic E-state index is 12.6. The summed E-state index contributed by atoms with van der Waals surface area (Å²) in [6.07, 6.45) is -4.40. The molecule has 0 saturated carbocycles. The van der Waals surface area contributed by atoms with E-state index in [2.05, 4.69) is 21.2 Å². The molecule has 0 bridgehead atoms. The molecule has 7 heteroatoms. The van der Waals surface area contributed by atoms with Gasteiger partial charge in [-0.2, -0.15) is 13.2 Å². The average Bonchev–Trinajstić information content (AvgIpc) is 2.52. The molecule has 23 heavy (non-hydrogen) atoms. The second-order valence-electron chi connectivity index (χ2n) is 4.72. The molecule has 2 rings (SSSR count). The van der Waals surface area contributed by atoms with E-state index in [1.54, 1.807) is 24.3 Å². The number of hydrogen-bond donors (Lipinski definition) is 1. The SMILES string of the molecule is O=C(COc1ccc(Br)cc1)NCc1cccc(C(F)(F)F)c1. The Labute approximate surface area is 139 Å². The molecule has 0 aliphatic rings. The van der Waals surface area contributed by atoms with Crippen LogP contribution >= 0.6 is 15.9 Å². The summed E-state index contributed by atoms with van der Waals surface area (Å²) < 4.78 is 43.9. The van der Waals surface area contributed by atoms with E-state index in [9.17, 15) is 18.0 Å². The minimum Gasteiger partial charge on any atom is -0.484 e. The number of benzene rings is 2. The summed E-state index contributed by atoms with van der Waals surface area (Å²) in [6.45, 7) is -0.201. The van der Waals surface area contributed by atoms with Crippen LogP contribution < -0.4 is 10.1 Å². The highest BCUT2D eigenvalue weighted by Crippen LogP contribution is 2.29. The number of carbonyl (C=O) groups is 1. The van der Waals surface area contributed by atoms with Gasteiger partial charge in [0.05, 0.1) is 5.56 Å². The monoisotopic (exact) mass is 387 g/mol. The third-order valence-electron chi connectivity index (χ3n) is 2.93. The first-order chi connectivity index (χ1) is 10.8. The molecule has 3 nitrogen and oxygen atoms in total. The van der Waals surface area contributed by atoms with Crippen molar-refractivity contribution in [2.75, 3.05) is 6.61 Å². The maximum atomic E-state index is 12.6. The van der Waals surface area contributed by atoms with Gasteiger partial charge in [-0.25, -0.2) is 0 Å². The topological polar surface area (TPSA) is 38.3 Å². The fourth-order valence-electron chi connectivity index (χ4n) is 1.79. The van der Waals surface area contributed by atoms with Crippen LogP contribution in [0.3, 0.4) is 0 Å². The van der Waals surface area contributed by atoms with Gasteiger partial charge >= 0.3 is 6.18 Å². The Morgan fingerprint density at radius 2 is 1.83 bits per heavy atom. The van der Waals surface area contributed by atoms with Gasteiger partial charge < -0.3 is 10.1 Å². The molecule has 1 N–H and O–H groups in total.